The van der Waals surface area contributed by atoms with Crippen LogP contribution >= 0.6 is 0 Å². The summed E-state index contributed by atoms with van der Waals surface area (Å²) < 4.78 is 0. The summed E-state index contributed by atoms with van der Waals surface area (Å²) >= 11 is 0. The molecule has 0 bridgehead atoms. The number of hydrogen-bond acceptors (Lipinski definition) is 5. The van der Waals surface area contributed by atoms with Gasteiger partial charge in [0.25, 0.3) is 0 Å². The number of nitrogens with zero attached hydrogens (tertiary/aromatic N) is 3. The maximum absolute atomic E-state index is 4.52. The summed E-state index contributed by atoms with van der Waals surface area (Å²) in [5.41, 5.74) is 4.77. The van der Waals surface area contributed by atoms with Crippen LogP contribution in [0.15, 0.2) is 54.7 Å². The largest absolute Gasteiger partial charge is 0.368 e. The molecule has 0 fully saturated rings. The van der Waals surface area contributed by atoms with E-state index in [0.29, 0.717) is 5.95 Å². The van der Waals surface area contributed by atoms with Crippen molar-refractivity contribution in [3.8, 4) is 0 Å². The Kier molecular flexibility index (Phi) is 5.57. The van der Waals surface area contributed by atoms with Crippen LogP contribution < -0.4 is 10.6 Å². The smallest absolute Gasteiger partial charge is 0.249 e. The van der Waals surface area contributed by atoms with Crippen molar-refractivity contribution in [2.45, 2.75) is 26.7 Å². The van der Waals surface area contributed by atoms with Crippen molar-refractivity contribution < 1.29 is 0 Å². The minimum atomic E-state index is 0.508. The lowest BCUT2D eigenvalue weighted by atomic mass is 10.1. The summed E-state index contributed by atoms with van der Waals surface area (Å²) in [6.45, 7) is 5.02. The zero-order chi connectivity index (χ0) is 17.5. The minimum Gasteiger partial charge on any atom is -0.368 e. The first-order valence-electron chi connectivity index (χ1n) is 8.59. The van der Waals surface area contributed by atoms with E-state index in [-0.39, 0.29) is 0 Å². The van der Waals surface area contributed by atoms with Crippen LogP contribution in [0.1, 0.15) is 23.6 Å². The number of nitrogens with one attached hydrogen (secondary N) is 2. The number of anilines is 3. The molecule has 2 N–H and O–H groups in total. The third-order valence-corrected chi connectivity index (χ3v) is 4.10. The molecule has 0 aliphatic carbocycles. The summed E-state index contributed by atoms with van der Waals surface area (Å²) in [6.07, 6.45) is 3.53. The number of rotatable bonds is 7. The van der Waals surface area contributed by atoms with Crippen molar-refractivity contribution in [3.63, 3.8) is 0 Å². The van der Waals surface area contributed by atoms with Gasteiger partial charge in [0.05, 0.1) is 6.20 Å². The molecule has 128 valence electrons. The fourth-order valence-corrected chi connectivity index (χ4v) is 2.74. The highest BCUT2D eigenvalue weighted by atomic mass is 15.3. The van der Waals surface area contributed by atoms with Crippen LogP contribution in [0.4, 0.5) is 17.5 Å². The van der Waals surface area contributed by atoms with Gasteiger partial charge in [0.15, 0.2) is 5.82 Å². The predicted octanol–water partition coefficient (Wildman–Crippen LogP) is 4.14. The highest BCUT2D eigenvalue weighted by Crippen LogP contribution is 2.23. The lowest BCUT2D eigenvalue weighted by Crippen LogP contribution is -2.09. The summed E-state index contributed by atoms with van der Waals surface area (Å²) in [4.78, 5) is 4.52. The lowest BCUT2D eigenvalue weighted by molar-refractivity contribution is 0.948. The van der Waals surface area contributed by atoms with Crippen molar-refractivity contribution in [1.29, 1.82) is 0 Å². The predicted molar refractivity (Wildman–Crippen MR) is 102 cm³/mol. The fraction of sp³-hybridized carbons (Fsp3) is 0.250. The standard InChI is InChI=1S/C20H23N5/c1-3-17-11-7-8-15(2)19(17)24-20-23-18(14-22-25-20)21-13-12-16-9-5-4-6-10-16/h4-11,14H,3,12-13H2,1-2H3,(H2,21,23,24,25). The van der Waals surface area contributed by atoms with Crippen LogP contribution in [-0.4, -0.2) is 21.7 Å². The molecule has 3 rings (SSSR count). The maximum atomic E-state index is 4.52. The number of aromatic nitrogens is 3. The number of benzene rings is 2. The zero-order valence-electron chi connectivity index (χ0n) is 14.7. The molecule has 0 saturated carbocycles. The van der Waals surface area contributed by atoms with Crippen LogP contribution in [0.2, 0.25) is 0 Å². The summed E-state index contributed by atoms with van der Waals surface area (Å²) in [7, 11) is 0. The fourth-order valence-electron chi connectivity index (χ4n) is 2.74. The number of aryl methyl sites for hydroxylation is 2. The van der Waals surface area contributed by atoms with Crippen LogP contribution in [0.5, 0.6) is 0 Å². The Balaban J connectivity index is 1.66. The van der Waals surface area contributed by atoms with Gasteiger partial charge >= 0.3 is 0 Å². The summed E-state index contributed by atoms with van der Waals surface area (Å²) in [5.74, 6) is 1.23. The average Bonchev–Trinajstić information content (AvgIpc) is 2.65. The van der Waals surface area contributed by atoms with E-state index >= 15 is 0 Å². The van der Waals surface area contributed by atoms with E-state index < -0.39 is 0 Å². The first-order chi connectivity index (χ1) is 12.3. The molecule has 1 heterocycles. The molecule has 5 heteroatoms. The van der Waals surface area contributed by atoms with Gasteiger partial charge in [-0.3, -0.25) is 0 Å². The van der Waals surface area contributed by atoms with E-state index in [0.717, 1.165) is 30.9 Å². The normalized spacial score (nSPS) is 10.5. The molecule has 5 nitrogen and oxygen atoms in total. The topological polar surface area (TPSA) is 62.7 Å². The molecule has 0 spiro atoms. The van der Waals surface area contributed by atoms with E-state index in [2.05, 4.69) is 82.1 Å². The van der Waals surface area contributed by atoms with Gasteiger partial charge in [0, 0.05) is 12.2 Å². The lowest BCUT2D eigenvalue weighted by Gasteiger charge is -2.13. The second-order valence-corrected chi connectivity index (χ2v) is 5.92. The summed E-state index contributed by atoms with van der Waals surface area (Å²) in [5, 5.41) is 14.8. The van der Waals surface area contributed by atoms with Crippen LogP contribution in [0.3, 0.4) is 0 Å². The van der Waals surface area contributed by atoms with Gasteiger partial charge in [0.1, 0.15) is 0 Å². The van der Waals surface area contributed by atoms with E-state index in [1.54, 1.807) is 6.20 Å². The van der Waals surface area contributed by atoms with E-state index in [4.69, 9.17) is 0 Å². The third-order valence-electron chi connectivity index (χ3n) is 4.10. The molecule has 0 saturated heterocycles. The molecule has 0 atom stereocenters. The molecule has 1 aromatic heterocycles. The van der Waals surface area contributed by atoms with Gasteiger partial charge in [0.2, 0.25) is 5.95 Å². The van der Waals surface area contributed by atoms with Gasteiger partial charge in [-0.1, -0.05) is 55.5 Å². The second-order valence-electron chi connectivity index (χ2n) is 5.92. The van der Waals surface area contributed by atoms with E-state index in [1.165, 1.54) is 16.7 Å². The quantitative estimate of drug-likeness (QED) is 0.680. The third kappa shape index (κ3) is 4.53. The number of para-hydroxylation sites is 1. The van der Waals surface area contributed by atoms with Gasteiger partial charge in [-0.2, -0.15) is 10.1 Å². The van der Waals surface area contributed by atoms with Gasteiger partial charge in [-0.05, 0) is 36.5 Å². The highest BCUT2D eigenvalue weighted by molar-refractivity contribution is 5.63. The van der Waals surface area contributed by atoms with Crippen LogP contribution in [-0.2, 0) is 12.8 Å². The Morgan fingerprint density at radius 1 is 1.00 bits per heavy atom. The molecule has 2 aromatic carbocycles. The van der Waals surface area contributed by atoms with Crippen molar-refractivity contribution in [2.75, 3.05) is 17.2 Å². The molecule has 3 aromatic rings. The monoisotopic (exact) mass is 333 g/mol. The van der Waals surface area contributed by atoms with Crippen molar-refractivity contribution in [3.05, 3.63) is 71.4 Å². The van der Waals surface area contributed by atoms with Gasteiger partial charge in [-0.25, -0.2) is 0 Å². The first-order valence-corrected chi connectivity index (χ1v) is 8.59. The second kappa shape index (κ2) is 8.24. The maximum Gasteiger partial charge on any atom is 0.249 e. The zero-order valence-corrected chi connectivity index (χ0v) is 14.7. The van der Waals surface area contributed by atoms with E-state index in [1.807, 2.05) is 6.07 Å². The molecule has 0 unspecified atom stereocenters. The number of hydrogen-bond donors (Lipinski definition) is 2. The van der Waals surface area contributed by atoms with Crippen molar-refractivity contribution in [1.82, 2.24) is 15.2 Å². The molecule has 0 radical (unpaired) electrons. The average molecular weight is 333 g/mol. The Labute approximate surface area is 148 Å². The molecular formula is C20H23N5. The molecule has 0 aliphatic heterocycles. The summed E-state index contributed by atoms with van der Waals surface area (Å²) in [6, 6.07) is 16.6. The van der Waals surface area contributed by atoms with Gasteiger partial charge in [-0.15, -0.1) is 5.10 Å². The highest BCUT2D eigenvalue weighted by Gasteiger charge is 2.07. The Hall–Kier alpha value is -2.95. The van der Waals surface area contributed by atoms with Crippen molar-refractivity contribution >= 4 is 17.5 Å². The molecule has 25 heavy (non-hydrogen) atoms. The Bertz CT molecular complexity index is 817. The Morgan fingerprint density at radius 3 is 2.64 bits per heavy atom. The van der Waals surface area contributed by atoms with Crippen LogP contribution in [0, 0.1) is 6.92 Å². The van der Waals surface area contributed by atoms with Crippen LogP contribution in [0.25, 0.3) is 0 Å². The Morgan fingerprint density at radius 2 is 1.84 bits per heavy atom. The van der Waals surface area contributed by atoms with Gasteiger partial charge < -0.3 is 10.6 Å². The van der Waals surface area contributed by atoms with E-state index in [9.17, 15) is 0 Å². The minimum absolute atomic E-state index is 0.508. The van der Waals surface area contributed by atoms with Crippen molar-refractivity contribution in [2.24, 2.45) is 0 Å². The molecule has 0 aliphatic rings. The SMILES string of the molecule is CCc1cccc(C)c1Nc1nncc(NCCc2ccccc2)n1. The molecular weight excluding hydrogens is 310 g/mol. The molecule has 0 amide bonds. The first kappa shape index (κ1) is 16.9.